The molecule has 0 aliphatic heterocycles. The third-order valence-corrected chi connectivity index (χ3v) is 7.06. The summed E-state index contributed by atoms with van der Waals surface area (Å²) in [6, 6.07) is 15.6. The van der Waals surface area contributed by atoms with Crippen LogP contribution in [-0.4, -0.2) is 25.8 Å². The van der Waals surface area contributed by atoms with Crippen molar-refractivity contribution in [2.75, 3.05) is 14.2 Å². The minimum atomic E-state index is -0.704. The Morgan fingerprint density at radius 3 is 1.50 bits per heavy atom. The van der Waals surface area contributed by atoms with Crippen LogP contribution < -0.4 is 9.47 Å². The Morgan fingerprint density at radius 2 is 1.20 bits per heavy atom. The van der Waals surface area contributed by atoms with E-state index in [2.05, 4.69) is 6.92 Å². The van der Waals surface area contributed by atoms with Gasteiger partial charge in [0.2, 0.25) is 0 Å². The SMILES string of the molecule is CCC(=O)C1(C)C(c2ccc(OC)cc2)C(C)C(=O)C(C)C1c1ccc(OC)cc1. The van der Waals surface area contributed by atoms with Crippen molar-refractivity contribution in [1.29, 1.82) is 0 Å². The van der Waals surface area contributed by atoms with Crippen molar-refractivity contribution in [3.05, 3.63) is 59.7 Å². The van der Waals surface area contributed by atoms with Gasteiger partial charge < -0.3 is 9.47 Å². The van der Waals surface area contributed by atoms with Crippen LogP contribution in [0.25, 0.3) is 0 Å². The second-order valence-corrected chi connectivity index (χ2v) is 8.54. The maximum absolute atomic E-state index is 13.5. The fourth-order valence-electron chi connectivity index (χ4n) is 5.60. The van der Waals surface area contributed by atoms with Crippen LogP contribution in [0.1, 0.15) is 57.1 Å². The van der Waals surface area contributed by atoms with Gasteiger partial charge in [-0.05, 0) is 35.4 Å². The lowest BCUT2D eigenvalue weighted by atomic mass is 9.49. The molecule has 0 spiro atoms. The first-order valence-electron chi connectivity index (χ1n) is 10.6. The molecule has 0 N–H and O–H groups in total. The molecule has 4 unspecified atom stereocenters. The van der Waals surface area contributed by atoms with Crippen LogP contribution in [0.2, 0.25) is 0 Å². The van der Waals surface area contributed by atoms with Gasteiger partial charge in [0, 0.05) is 35.5 Å². The van der Waals surface area contributed by atoms with E-state index in [1.165, 1.54) is 0 Å². The summed E-state index contributed by atoms with van der Waals surface area (Å²) in [6.07, 6.45) is 0.434. The van der Waals surface area contributed by atoms with Crippen molar-refractivity contribution >= 4 is 11.6 Å². The van der Waals surface area contributed by atoms with Gasteiger partial charge in [-0.2, -0.15) is 0 Å². The molecule has 0 bridgehead atoms. The normalized spacial score (nSPS) is 28.8. The first-order chi connectivity index (χ1) is 14.3. The second-order valence-electron chi connectivity index (χ2n) is 8.54. The summed E-state index contributed by atoms with van der Waals surface area (Å²) in [5, 5.41) is 0. The Bertz CT molecular complexity index is 834. The minimum Gasteiger partial charge on any atom is -0.497 e. The van der Waals surface area contributed by atoms with E-state index >= 15 is 0 Å². The van der Waals surface area contributed by atoms with Gasteiger partial charge in [-0.15, -0.1) is 0 Å². The fraction of sp³-hybridized carbons (Fsp3) is 0.462. The number of hydrogen-bond acceptors (Lipinski definition) is 4. The molecule has 0 aromatic heterocycles. The van der Waals surface area contributed by atoms with Crippen molar-refractivity contribution in [3.63, 3.8) is 0 Å². The Balaban J connectivity index is 2.20. The number of ketones is 2. The molecule has 0 heterocycles. The molecule has 4 nitrogen and oxygen atoms in total. The molecule has 4 atom stereocenters. The summed E-state index contributed by atoms with van der Waals surface area (Å²) in [5.41, 5.74) is 1.31. The van der Waals surface area contributed by atoms with Crippen molar-refractivity contribution in [1.82, 2.24) is 0 Å². The van der Waals surface area contributed by atoms with Gasteiger partial charge in [0.25, 0.3) is 0 Å². The van der Waals surface area contributed by atoms with Gasteiger partial charge in [0.1, 0.15) is 23.1 Å². The summed E-state index contributed by atoms with van der Waals surface area (Å²) in [6.45, 7) is 7.91. The van der Waals surface area contributed by atoms with E-state index in [0.717, 1.165) is 22.6 Å². The lowest BCUT2D eigenvalue weighted by molar-refractivity contribution is -0.143. The molecule has 0 saturated heterocycles. The van der Waals surface area contributed by atoms with Gasteiger partial charge in [0.15, 0.2) is 0 Å². The summed E-state index contributed by atoms with van der Waals surface area (Å²) in [7, 11) is 3.27. The molecular weight excluding hydrogens is 376 g/mol. The Kier molecular flexibility index (Phi) is 6.35. The zero-order valence-electron chi connectivity index (χ0n) is 18.8. The number of Topliss-reactive ketones (excluding diaryl/α,β-unsaturated/α-hetero) is 2. The predicted octanol–water partition coefficient (Wildman–Crippen LogP) is 5.41. The predicted molar refractivity (Wildman–Crippen MR) is 118 cm³/mol. The molecule has 1 aliphatic rings. The Labute approximate surface area is 179 Å². The van der Waals surface area contributed by atoms with Crippen LogP contribution in [0.5, 0.6) is 11.5 Å². The highest BCUT2D eigenvalue weighted by Crippen LogP contribution is 2.58. The molecule has 30 heavy (non-hydrogen) atoms. The molecule has 4 heteroatoms. The van der Waals surface area contributed by atoms with E-state index in [9.17, 15) is 9.59 Å². The summed E-state index contributed by atoms with van der Waals surface area (Å²) < 4.78 is 10.6. The monoisotopic (exact) mass is 408 g/mol. The van der Waals surface area contributed by atoms with E-state index < -0.39 is 5.41 Å². The third kappa shape index (κ3) is 3.53. The largest absolute Gasteiger partial charge is 0.497 e. The highest BCUT2D eigenvalue weighted by Gasteiger charge is 2.57. The summed E-state index contributed by atoms with van der Waals surface area (Å²) in [4.78, 5) is 26.9. The van der Waals surface area contributed by atoms with Gasteiger partial charge in [-0.3, -0.25) is 9.59 Å². The highest BCUT2D eigenvalue weighted by atomic mass is 16.5. The molecular formula is C26H32O4. The van der Waals surface area contributed by atoms with E-state index in [-0.39, 0.29) is 35.2 Å². The maximum atomic E-state index is 13.5. The Hall–Kier alpha value is -2.62. The quantitative estimate of drug-likeness (QED) is 0.641. The number of carbonyl (C=O) groups excluding carboxylic acids is 2. The minimum absolute atomic E-state index is 0.190. The topological polar surface area (TPSA) is 52.6 Å². The first-order valence-corrected chi connectivity index (χ1v) is 10.6. The molecule has 3 rings (SSSR count). The fourth-order valence-corrected chi connectivity index (χ4v) is 5.60. The van der Waals surface area contributed by atoms with Gasteiger partial charge in [-0.1, -0.05) is 52.0 Å². The van der Waals surface area contributed by atoms with Crippen LogP contribution >= 0.6 is 0 Å². The third-order valence-electron chi connectivity index (χ3n) is 7.06. The van der Waals surface area contributed by atoms with E-state index in [0.29, 0.717) is 6.42 Å². The van der Waals surface area contributed by atoms with E-state index in [4.69, 9.17) is 9.47 Å². The molecule has 1 saturated carbocycles. The highest BCUT2D eigenvalue weighted by molar-refractivity contribution is 5.94. The molecule has 2 aromatic carbocycles. The van der Waals surface area contributed by atoms with Gasteiger partial charge in [-0.25, -0.2) is 0 Å². The molecule has 1 aliphatic carbocycles. The molecule has 1 fully saturated rings. The van der Waals surface area contributed by atoms with Crippen LogP contribution in [0.3, 0.4) is 0 Å². The summed E-state index contributed by atoms with van der Waals surface area (Å²) in [5.74, 6) is 1.02. The molecule has 0 amide bonds. The number of benzene rings is 2. The first kappa shape index (κ1) is 22.1. The average molecular weight is 409 g/mol. The van der Waals surface area contributed by atoms with Crippen molar-refractivity contribution in [3.8, 4) is 11.5 Å². The number of rotatable bonds is 6. The smallest absolute Gasteiger partial charge is 0.139 e. The molecule has 0 radical (unpaired) electrons. The zero-order valence-corrected chi connectivity index (χ0v) is 18.8. The lowest BCUT2D eigenvalue weighted by Crippen LogP contribution is -2.52. The lowest BCUT2D eigenvalue weighted by Gasteiger charge is -2.52. The van der Waals surface area contributed by atoms with E-state index in [1.54, 1.807) is 14.2 Å². The van der Waals surface area contributed by atoms with Crippen LogP contribution in [-0.2, 0) is 9.59 Å². The number of carbonyl (C=O) groups is 2. The van der Waals surface area contributed by atoms with Crippen LogP contribution in [0.4, 0.5) is 0 Å². The standard InChI is InChI=1S/C26H32O4/c1-7-22(27)26(4)23(18-8-12-20(29-5)13-9-18)16(2)25(28)17(3)24(26)19-10-14-21(30-6)15-11-19/h8-17,23-24H,7H2,1-6H3. The number of ether oxygens (including phenoxy) is 2. The van der Waals surface area contributed by atoms with E-state index in [1.807, 2.05) is 69.3 Å². The van der Waals surface area contributed by atoms with Crippen molar-refractivity contribution in [2.24, 2.45) is 17.3 Å². The second kappa shape index (κ2) is 8.63. The summed E-state index contributed by atoms with van der Waals surface area (Å²) >= 11 is 0. The maximum Gasteiger partial charge on any atom is 0.139 e. The van der Waals surface area contributed by atoms with Crippen LogP contribution in [0.15, 0.2) is 48.5 Å². The van der Waals surface area contributed by atoms with Crippen molar-refractivity contribution in [2.45, 2.75) is 46.0 Å². The van der Waals surface area contributed by atoms with Crippen LogP contribution in [0, 0.1) is 17.3 Å². The van der Waals surface area contributed by atoms with Gasteiger partial charge >= 0.3 is 0 Å². The van der Waals surface area contributed by atoms with Crippen molar-refractivity contribution < 1.29 is 19.1 Å². The van der Waals surface area contributed by atoms with Gasteiger partial charge in [0.05, 0.1) is 14.2 Å². The number of hydrogen-bond donors (Lipinski definition) is 0. The zero-order chi connectivity index (χ0) is 22.1. The Morgan fingerprint density at radius 1 is 0.833 bits per heavy atom. The molecule has 2 aromatic rings. The average Bonchev–Trinajstić information content (AvgIpc) is 2.78. The number of methoxy groups -OCH3 is 2. The molecule has 160 valence electrons.